The van der Waals surface area contributed by atoms with Crippen LogP contribution < -0.4 is 0 Å². The van der Waals surface area contributed by atoms with Crippen LogP contribution in [0.1, 0.15) is 97.3 Å². The Morgan fingerprint density at radius 1 is 0.759 bits per heavy atom. The second-order valence-electron chi connectivity index (χ2n) is 7.14. The Hall–Kier alpha value is -1.19. The zero-order valence-corrected chi connectivity index (χ0v) is 18.7. The zero-order chi connectivity index (χ0) is 22.0. The van der Waals surface area contributed by atoms with Gasteiger partial charge in [-0.2, -0.15) is 8.42 Å². The largest absolute Gasteiger partial charge is 0.466 e. The van der Waals surface area contributed by atoms with Crippen LogP contribution in [0.3, 0.4) is 0 Å². The van der Waals surface area contributed by atoms with Gasteiger partial charge in [0, 0.05) is 0 Å². The van der Waals surface area contributed by atoms with Gasteiger partial charge in [0.15, 0.2) is 6.10 Å². The molecule has 0 fully saturated rings. The summed E-state index contributed by atoms with van der Waals surface area (Å²) in [5.74, 6) is -1.78. The predicted molar refractivity (Wildman–Crippen MR) is 110 cm³/mol. The third-order valence-electron chi connectivity index (χ3n) is 4.36. The van der Waals surface area contributed by atoms with Crippen molar-refractivity contribution in [1.29, 1.82) is 0 Å². The maximum atomic E-state index is 12.0. The summed E-state index contributed by atoms with van der Waals surface area (Å²) in [5, 5.41) is 0. The normalized spacial score (nSPS) is 12.5. The van der Waals surface area contributed by atoms with Crippen LogP contribution in [0.15, 0.2) is 0 Å². The topological polar surface area (TPSA) is 116 Å². The van der Waals surface area contributed by atoms with Crippen molar-refractivity contribution in [3.63, 3.8) is 0 Å². The van der Waals surface area contributed by atoms with Gasteiger partial charge in [-0.3, -0.25) is 9.35 Å². The summed E-state index contributed by atoms with van der Waals surface area (Å²) in [6, 6.07) is 0. The van der Waals surface area contributed by atoms with Gasteiger partial charge < -0.3 is 9.47 Å². The molecule has 0 aliphatic heterocycles. The maximum absolute atomic E-state index is 12.0. The first-order chi connectivity index (χ1) is 13.8. The molecular weight excluding hydrogens is 400 g/mol. The van der Waals surface area contributed by atoms with E-state index in [-0.39, 0.29) is 13.2 Å². The number of rotatable bonds is 19. The van der Waals surface area contributed by atoms with E-state index in [0.717, 1.165) is 57.8 Å². The van der Waals surface area contributed by atoms with Crippen LogP contribution in [0.5, 0.6) is 0 Å². The summed E-state index contributed by atoms with van der Waals surface area (Å²) in [5.41, 5.74) is 0. The first kappa shape index (κ1) is 27.8. The van der Waals surface area contributed by atoms with E-state index >= 15 is 0 Å². The molecule has 0 bridgehead atoms. The smallest absolute Gasteiger partial charge is 0.398 e. The van der Waals surface area contributed by atoms with Gasteiger partial charge >= 0.3 is 22.3 Å². The number of esters is 2. The van der Waals surface area contributed by atoms with Crippen LogP contribution >= 0.6 is 0 Å². The maximum Gasteiger partial charge on any atom is 0.398 e. The van der Waals surface area contributed by atoms with Crippen LogP contribution in [-0.2, 0) is 33.6 Å². The first-order valence-electron chi connectivity index (χ1n) is 10.8. The van der Waals surface area contributed by atoms with Crippen molar-refractivity contribution in [2.24, 2.45) is 0 Å². The first-order valence-corrected chi connectivity index (χ1v) is 12.1. The Balaban J connectivity index is 4.22. The van der Waals surface area contributed by atoms with Gasteiger partial charge in [-0.25, -0.2) is 8.98 Å². The minimum atomic E-state index is -4.91. The number of hydrogen-bond acceptors (Lipinski definition) is 7. The molecule has 0 amide bonds. The zero-order valence-electron chi connectivity index (χ0n) is 17.9. The summed E-state index contributed by atoms with van der Waals surface area (Å²) >= 11 is 0. The summed E-state index contributed by atoms with van der Waals surface area (Å²) in [6.07, 6.45) is 9.73. The van der Waals surface area contributed by atoms with E-state index < -0.39 is 34.9 Å². The third-order valence-corrected chi connectivity index (χ3v) is 4.83. The number of unbranched alkanes of at least 4 members (excludes halogenated alkanes) is 10. The molecule has 0 radical (unpaired) electrons. The van der Waals surface area contributed by atoms with E-state index in [4.69, 9.17) is 14.0 Å². The average Bonchev–Trinajstić information content (AvgIpc) is 2.64. The monoisotopic (exact) mass is 438 g/mol. The summed E-state index contributed by atoms with van der Waals surface area (Å²) < 4.78 is 45.1. The van der Waals surface area contributed by atoms with Crippen LogP contribution in [-0.4, -0.2) is 44.2 Å². The number of carbonyl (C=O) groups is 2. The Labute approximate surface area is 175 Å². The molecule has 172 valence electrons. The molecule has 0 aromatic heterocycles. The molecule has 0 aliphatic carbocycles. The lowest BCUT2D eigenvalue weighted by Crippen LogP contribution is -2.32. The molecule has 0 aliphatic rings. The van der Waals surface area contributed by atoms with E-state index in [1.807, 2.05) is 0 Å². The fraction of sp³-hybridized carbons (Fsp3) is 0.900. The molecule has 8 nitrogen and oxygen atoms in total. The van der Waals surface area contributed by atoms with Crippen molar-refractivity contribution in [3.8, 4) is 0 Å². The fourth-order valence-electron chi connectivity index (χ4n) is 2.73. The van der Waals surface area contributed by atoms with Gasteiger partial charge in [0.05, 0.1) is 19.6 Å². The number of hydrogen-bond donors (Lipinski definition) is 1. The molecule has 0 heterocycles. The van der Waals surface area contributed by atoms with Crippen molar-refractivity contribution in [2.75, 3.05) is 13.2 Å². The molecule has 0 spiro atoms. The Morgan fingerprint density at radius 2 is 1.21 bits per heavy atom. The minimum Gasteiger partial charge on any atom is -0.466 e. The summed E-state index contributed by atoms with van der Waals surface area (Å²) in [7, 11) is -4.91. The SMILES string of the molecule is CCCCCCCCOC(=O)CC(OS(=O)(=O)O)C(=O)OCCCCCCCC. The highest BCUT2D eigenvalue weighted by atomic mass is 32.3. The van der Waals surface area contributed by atoms with Crippen molar-refractivity contribution < 1.29 is 36.2 Å². The molecule has 1 atom stereocenters. The average molecular weight is 439 g/mol. The lowest BCUT2D eigenvalue weighted by Gasteiger charge is -2.14. The summed E-state index contributed by atoms with van der Waals surface area (Å²) in [4.78, 5) is 23.9. The van der Waals surface area contributed by atoms with Gasteiger partial charge in [-0.05, 0) is 12.8 Å². The molecular formula is C20H38O8S. The molecule has 1 N–H and O–H groups in total. The number of ether oxygens (including phenoxy) is 2. The standard InChI is InChI=1S/C20H38O8S/c1-3-5-7-9-11-13-15-26-19(21)17-18(28-29(23,24)25)20(22)27-16-14-12-10-8-6-4-2/h18H,3-17H2,1-2H3,(H,23,24,25). The van der Waals surface area contributed by atoms with Crippen LogP contribution in [0, 0.1) is 0 Å². The van der Waals surface area contributed by atoms with E-state index in [0.29, 0.717) is 12.8 Å². The van der Waals surface area contributed by atoms with E-state index in [1.54, 1.807) is 0 Å². The molecule has 1 unspecified atom stereocenters. The van der Waals surface area contributed by atoms with Crippen LogP contribution in [0.2, 0.25) is 0 Å². The van der Waals surface area contributed by atoms with Crippen LogP contribution in [0.25, 0.3) is 0 Å². The van der Waals surface area contributed by atoms with Crippen molar-refractivity contribution in [2.45, 2.75) is 103 Å². The third kappa shape index (κ3) is 18.6. The molecule has 0 saturated heterocycles. The van der Waals surface area contributed by atoms with E-state index in [9.17, 15) is 18.0 Å². The van der Waals surface area contributed by atoms with Gasteiger partial charge in [-0.15, -0.1) is 0 Å². The fourth-order valence-corrected chi connectivity index (χ4v) is 3.17. The Kier molecular flexibility index (Phi) is 16.9. The molecule has 9 heteroatoms. The second-order valence-corrected chi connectivity index (χ2v) is 8.19. The van der Waals surface area contributed by atoms with Crippen molar-refractivity contribution in [3.05, 3.63) is 0 Å². The van der Waals surface area contributed by atoms with Gasteiger partial charge in [0.1, 0.15) is 0 Å². The molecule has 0 aromatic carbocycles. The highest BCUT2D eigenvalue weighted by Gasteiger charge is 2.30. The quantitative estimate of drug-likeness (QED) is 0.179. The lowest BCUT2D eigenvalue weighted by molar-refractivity contribution is -0.158. The Morgan fingerprint density at radius 3 is 1.69 bits per heavy atom. The molecule has 0 rings (SSSR count). The van der Waals surface area contributed by atoms with Gasteiger partial charge in [0.2, 0.25) is 0 Å². The van der Waals surface area contributed by atoms with E-state index in [2.05, 4.69) is 18.0 Å². The second kappa shape index (κ2) is 17.7. The Bertz CT molecular complexity index is 533. The van der Waals surface area contributed by atoms with Crippen LogP contribution in [0.4, 0.5) is 0 Å². The molecule has 29 heavy (non-hydrogen) atoms. The molecule has 0 saturated carbocycles. The highest BCUT2D eigenvalue weighted by molar-refractivity contribution is 7.80. The summed E-state index contributed by atoms with van der Waals surface area (Å²) in [6.45, 7) is 4.54. The van der Waals surface area contributed by atoms with Gasteiger partial charge in [-0.1, -0.05) is 78.1 Å². The number of carbonyl (C=O) groups excluding carboxylic acids is 2. The minimum absolute atomic E-state index is 0.100. The highest BCUT2D eigenvalue weighted by Crippen LogP contribution is 2.10. The molecule has 0 aromatic rings. The van der Waals surface area contributed by atoms with Crippen molar-refractivity contribution in [1.82, 2.24) is 0 Å². The lowest BCUT2D eigenvalue weighted by atomic mass is 10.1. The van der Waals surface area contributed by atoms with E-state index in [1.165, 1.54) is 6.42 Å². The predicted octanol–water partition coefficient (Wildman–Crippen LogP) is 4.37. The van der Waals surface area contributed by atoms with Crippen molar-refractivity contribution >= 4 is 22.3 Å². The van der Waals surface area contributed by atoms with Gasteiger partial charge in [0.25, 0.3) is 0 Å².